The summed E-state index contributed by atoms with van der Waals surface area (Å²) in [5, 5.41) is 3.17. The smallest absolute Gasteiger partial charge is 0.158 e. The first kappa shape index (κ1) is 12.7. The van der Waals surface area contributed by atoms with Crippen LogP contribution in [0.3, 0.4) is 0 Å². The Kier molecular flexibility index (Phi) is 4.94. The van der Waals surface area contributed by atoms with Crippen molar-refractivity contribution in [2.24, 2.45) is 0 Å². The molecule has 6 heteroatoms. The van der Waals surface area contributed by atoms with Crippen molar-refractivity contribution >= 4 is 11.6 Å². The second-order valence-electron chi connectivity index (χ2n) is 3.53. The van der Waals surface area contributed by atoms with Crippen LogP contribution >= 0.6 is 0 Å². The van der Waals surface area contributed by atoms with Crippen molar-refractivity contribution in [2.45, 2.75) is 19.6 Å². The van der Waals surface area contributed by atoms with E-state index in [0.717, 1.165) is 0 Å². The van der Waals surface area contributed by atoms with Gasteiger partial charge in [-0.15, -0.1) is 0 Å². The fourth-order valence-corrected chi connectivity index (χ4v) is 1.33. The Labute approximate surface area is 95.2 Å². The predicted octanol–water partition coefficient (Wildman–Crippen LogP) is 0.652. The highest BCUT2D eigenvalue weighted by atomic mass is 16.5. The molecule has 0 saturated heterocycles. The van der Waals surface area contributed by atoms with Crippen molar-refractivity contribution in [3.05, 3.63) is 11.9 Å². The molecule has 90 valence electrons. The SMILES string of the molecule is COCc1nc(N)cc(NC(C)COC)n1. The van der Waals surface area contributed by atoms with Crippen LogP contribution < -0.4 is 11.1 Å². The minimum atomic E-state index is 0.162. The summed E-state index contributed by atoms with van der Waals surface area (Å²) < 4.78 is 9.98. The third-order valence-corrected chi connectivity index (χ3v) is 1.88. The first-order valence-corrected chi connectivity index (χ1v) is 5.03. The van der Waals surface area contributed by atoms with Crippen LogP contribution in [-0.4, -0.2) is 36.8 Å². The highest BCUT2D eigenvalue weighted by Gasteiger charge is 2.05. The van der Waals surface area contributed by atoms with E-state index in [-0.39, 0.29) is 6.04 Å². The van der Waals surface area contributed by atoms with Crippen LogP contribution in [0, 0.1) is 0 Å². The predicted molar refractivity (Wildman–Crippen MR) is 62.1 cm³/mol. The van der Waals surface area contributed by atoms with E-state index in [2.05, 4.69) is 15.3 Å². The zero-order valence-electron chi connectivity index (χ0n) is 9.86. The molecular formula is C10H18N4O2. The monoisotopic (exact) mass is 226 g/mol. The fraction of sp³-hybridized carbons (Fsp3) is 0.600. The van der Waals surface area contributed by atoms with Gasteiger partial charge in [0.1, 0.15) is 18.2 Å². The van der Waals surface area contributed by atoms with E-state index in [1.807, 2.05) is 6.92 Å². The summed E-state index contributed by atoms with van der Waals surface area (Å²) in [5.41, 5.74) is 5.66. The highest BCUT2D eigenvalue weighted by molar-refractivity contribution is 5.45. The van der Waals surface area contributed by atoms with Crippen molar-refractivity contribution in [3.8, 4) is 0 Å². The molecule has 0 amide bonds. The molecule has 0 saturated carbocycles. The zero-order chi connectivity index (χ0) is 12.0. The lowest BCUT2D eigenvalue weighted by molar-refractivity contribution is 0.178. The molecule has 0 aromatic carbocycles. The molecule has 1 atom stereocenters. The number of methoxy groups -OCH3 is 2. The van der Waals surface area contributed by atoms with Crippen LogP contribution in [0.2, 0.25) is 0 Å². The fourth-order valence-electron chi connectivity index (χ4n) is 1.33. The van der Waals surface area contributed by atoms with Gasteiger partial charge in [0.05, 0.1) is 6.61 Å². The summed E-state index contributed by atoms with van der Waals surface area (Å²) in [4.78, 5) is 8.31. The van der Waals surface area contributed by atoms with E-state index in [0.29, 0.717) is 30.7 Å². The number of nitrogens with zero attached hydrogens (tertiary/aromatic N) is 2. The van der Waals surface area contributed by atoms with E-state index in [1.54, 1.807) is 20.3 Å². The van der Waals surface area contributed by atoms with Gasteiger partial charge in [0.25, 0.3) is 0 Å². The number of anilines is 2. The van der Waals surface area contributed by atoms with Gasteiger partial charge >= 0.3 is 0 Å². The number of nitrogens with two attached hydrogens (primary N) is 1. The zero-order valence-corrected chi connectivity index (χ0v) is 9.86. The summed E-state index contributed by atoms with van der Waals surface area (Å²) in [7, 11) is 3.25. The number of ether oxygens (including phenoxy) is 2. The van der Waals surface area contributed by atoms with Crippen LogP contribution in [0.25, 0.3) is 0 Å². The van der Waals surface area contributed by atoms with Gasteiger partial charge in [-0.2, -0.15) is 0 Å². The van der Waals surface area contributed by atoms with Crippen LogP contribution in [0.5, 0.6) is 0 Å². The van der Waals surface area contributed by atoms with E-state index < -0.39 is 0 Å². The van der Waals surface area contributed by atoms with Gasteiger partial charge in [-0.1, -0.05) is 0 Å². The molecule has 0 radical (unpaired) electrons. The number of rotatable bonds is 6. The first-order chi connectivity index (χ1) is 7.65. The summed E-state index contributed by atoms with van der Waals surface area (Å²) in [5.74, 6) is 1.67. The normalized spacial score (nSPS) is 12.4. The Morgan fingerprint density at radius 2 is 2.12 bits per heavy atom. The number of nitrogen functional groups attached to an aromatic ring is 1. The summed E-state index contributed by atoms with van der Waals surface area (Å²) in [6.07, 6.45) is 0. The lowest BCUT2D eigenvalue weighted by atomic mass is 10.3. The molecule has 0 spiro atoms. The van der Waals surface area contributed by atoms with Gasteiger partial charge in [-0.25, -0.2) is 9.97 Å². The van der Waals surface area contributed by atoms with E-state index in [9.17, 15) is 0 Å². The van der Waals surface area contributed by atoms with Gasteiger partial charge in [0.2, 0.25) is 0 Å². The van der Waals surface area contributed by atoms with Crippen LogP contribution in [0.1, 0.15) is 12.7 Å². The quantitative estimate of drug-likeness (QED) is 0.741. The van der Waals surface area contributed by atoms with Gasteiger partial charge < -0.3 is 20.5 Å². The lowest BCUT2D eigenvalue weighted by Gasteiger charge is -2.14. The molecule has 0 fully saturated rings. The van der Waals surface area contributed by atoms with Gasteiger partial charge in [-0.3, -0.25) is 0 Å². The Bertz CT molecular complexity index is 333. The number of nitrogens with one attached hydrogen (secondary N) is 1. The molecule has 1 rings (SSSR count). The molecule has 6 nitrogen and oxygen atoms in total. The molecular weight excluding hydrogens is 208 g/mol. The molecule has 0 aliphatic carbocycles. The van der Waals surface area contributed by atoms with E-state index in [4.69, 9.17) is 15.2 Å². The minimum Gasteiger partial charge on any atom is -0.384 e. The Morgan fingerprint density at radius 1 is 1.38 bits per heavy atom. The third-order valence-electron chi connectivity index (χ3n) is 1.88. The maximum Gasteiger partial charge on any atom is 0.158 e. The summed E-state index contributed by atoms with van der Waals surface area (Å²) >= 11 is 0. The van der Waals surface area contributed by atoms with Gasteiger partial charge in [0, 0.05) is 26.3 Å². The molecule has 3 N–H and O–H groups in total. The van der Waals surface area contributed by atoms with Crippen molar-refractivity contribution < 1.29 is 9.47 Å². The number of hydrogen-bond donors (Lipinski definition) is 2. The highest BCUT2D eigenvalue weighted by Crippen LogP contribution is 2.10. The average Bonchev–Trinajstić information content (AvgIpc) is 2.17. The van der Waals surface area contributed by atoms with E-state index >= 15 is 0 Å². The van der Waals surface area contributed by atoms with Crippen LogP contribution in [-0.2, 0) is 16.1 Å². The molecule has 1 aromatic heterocycles. The number of aromatic nitrogens is 2. The van der Waals surface area contributed by atoms with Crippen LogP contribution in [0.4, 0.5) is 11.6 Å². The molecule has 1 aromatic rings. The molecule has 0 aliphatic heterocycles. The van der Waals surface area contributed by atoms with Gasteiger partial charge in [0.15, 0.2) is 5.82 Å². The van der Waals surface area contributed by atoms with Crippen molar-refractivity contribution in [1.82, 2.24) is 9.97 Å². The van der Waals surface area contributed by atoms with Crippen molar-refractivity contribution in [1.29, 1.82) is 0 Å². The first-order valence-electron chi connectivity index (χ1n) is 5.03. The molecule has 16 heavy (non-hydrogen) atoms. The van der Waals surface area contributed by atoms with E-state index in [1.165, 1.54) is 0 Å². The maximum absolute atomic E-state index is 5.66. The molecule has 0 bridgehead atoms. The second kappa shape index (κ2) is 6.24. The largest absolute Gasteiger partial charge is 0.384 e. The minimum absolute atomic E-state index is 0.162. The molecule has 0 aliphatic rings. The Morgan fingerprint density at radius 3 is 2.75 bits per heavy atom. The Balaban J connectivity index is 2.71. The summed E-state index contributed by atoms with van der Waals surface area (Å²) in [6, 6.07) is 1.85. The maximum atomic E-state index is 5.66. The topological polar surface area (TPSA) is 82.3 Å². The average molecular weight is 226 g/mol. The lowest BCUT2D eigenvalue weighted by Crippen LogP contribution is -2.22. The second-order valence-corrected chi connectivity index (χ2v) is 3.53. The van der Waals surface area contributed by atoms with Gasteiger partial charge in [-0.05, 0) is 6.92 Å². The van der Waals surface area contributed by atoms with Crippen LogP contribution in [0.15, 0.2) is 6.07 Å². The van der Waals surface area contributed by atoms with Crippen molar-refractivity contribution in [3.63, 3.8) is 0 Å². The molecule has 1 unspecified atom stereocenters. The molecule has 1 heterocycles. The third kappa shape index (κ3) is 4.00. The standard InChI is InChI=1S/C10H18N4O2/c1-7(5-15-2)12-9-4-8(11)13-10(14-9)6-16-3/h4,7H,5-6H2,1-3H3,(H3,11,12,13,14). The summed E-state index contributed by atoms with van der Waals surface area (Å²) in [6.45, 7) is 2.94. The Hall–Kier alpha value is -1.40. The number of hydrogen-bond acceptors (Lipinski definition) is 6. The van der Waals surface area contributed by atoms with Crippen molar-refractivity contribution in [2.75, 3.05) is 31.9 Å².